The summed E-state index contributed by atoms with van der Waals surface area (Å²) in [5, 5.41) is 8.61. The molecule has 1 aliphatic heterocycles. The van der Waals surface area contributed by atoms with E-state index in [-0.39, 0.29) is 18.6 Å². The van der Waals surface area contributed by atoms with E-state index in [1.807, 2.05) is 0 Å². The van der Waals surface area contributed by atoms with Crippen molar-refractivity contribution in [3.8, 4) is 0 Å². The van der Waals surface area contributed by atoms with Gasteiger partial charge in [0, 0.05) is 13.5 Å². The molecule has 0 saturated carbocycles. The van der Waals surface area contributed by atoms with E-state index >= 15 is 0 Å². The zero-order chi connectivity index (χ0) is 6.85. The number of nitrogens with zero attached hydrogens (tertiary/aromatic N) is 1. The lowest BCUT2D eigenvalue weighted by Gasteiger charge is -2.39. The topological polar surface area (TPSA) is 40.5 Å². The van der Waals surface area contributed by atoms with Crippen molar-refractivity contribution in [3.05, 3.63) is 0 Å². The molecule has 0 aromatic heterocycles. The average Bonchev–Trinajstić information content (AvgIpc) is 1.61. The molecule has 0 radical (unpaired) electrons. The molecule has 0 unspecified atom stereocenters. The molecule has 1 atom stereocenters. The van der Waals surface area contributed by atoms with Crippen molar-refractivity contribution in [2.45, 2.75) is 19.4 Å². The highest BCUT2D eigenvalue weighted by atomic mass is 16.3. The zero-order valence-electron chi connectivity index (χ0n) is 5.50. The fourth-order valence-electron chi connectivity index (χ4n) is 1.05. The molecule has 1 fully saturated rings. The maximum absolute atomic E-state index is 10.6. The Bertz CT molecular complexity index is 122. The Hall–Kier alpha value is -0.570. The molecule has 1 rings (SSSR count). The number of carbonyl (C=O) groups is 1. The van der Waals surface area contributed by atoms with Crippen molar-refractivity contribution in [1.29, 1.82) is 0 Å². The van der Waals surface area contributed by atoms with Crippen LogP contribution in [-0.2, 0) is 4.79 Å². The van der Waals surface area contributed by atoms with Crippen molar-refractivity contribution in [2.24, 2.45) is 0 Å². The smallest absolute Gasteiger partial charge is 0.219 e. The van der Waals surface area contributed by atoms with Crippen LogP contribution in [0, 0.1) is 0 Å². The van der Waals surface area contributed by atoms with Crippen molar-refractivity contribution >= 4 is 5.91 Å². The first kappa shape index (κ1) is 6.55. The number of hydrogen-bond acceptors (Lipinski definition) is 2. The minimum absolute atomic E-state index is 0.0697. The second-order valence-corrected chi connectivity index (χ2v) is 2.34. The summed E-state index contributed by atoms with van der Waals surface area (Å²) in [5.41, 5.74) is 0. The summed E-state index contributed by atoms with van der Waals surface area (Å²) < 4.78 is 0. The van der Waals surface area contributed by atoms with Crippen LogP contribution in [0.25, 0.3) is 0 Å². The second kappa shape index (κ2) is 2.35. The maximum Gasteiger partial charge on any atom is 0.219 e. The van der Waals surface area contributed by atoms with E-state index in [0.717, 1.165) is 13.0 Å². The quantitative estimate of drug-likeness (QED) is 0.523. The first-order chi connectivity index (χ1) is 4.25. The molecule has 0 spiro atoms. The molecule has 1 amide bonds. The molecule has 52 valence electrons. The average molecular weight is 129 g/mol. The van der Waals surface area contributed by atoms with E-state index in [0.29, 0.717) is 0 Å². The number of hydrogen-bond donors (Lipinski definition) is 1. The zero-order valence-corrected chi connectivity index (χ0v) is 5.50. The van der Waals surface area contributed by atoms with Gasteiger partial charge in [-0.1, -0.05) is 0 Å². The van der Waals surface area contributed by atoms with Gasteiger partial charge in [-0.25, -0.2) is 0 Å². The third-order valence-corrected chi connectivity index (χ3v) is 1.76. The third kappa shape index (κ3) is 1.05. The van der Waals surface area contributed by atoms with Gasteiger partial charge >= 0.3 is 0 Å². The molecular weight excluding hydrogens is 118 g/mol. The van der Waals surface area contributed by atoms with Gasteiger partial charge in [-0.3, -0.25) is 4.79 Å². The van der Waals surface area contributed by atoms with E-state index in [4.69, 9.17) is 5.11 Å². The highest BCUT2D eigenvalue weighted by Crippen LogP contribution is 2.15. The Morgan fingerprint density at radius 3 is 2.67 bits per heavy atom. The van der Waals surface area contributed by atoms with Crippen molar-refractivity contribution < 1.29 is 9.90 Å². The number of carbonyl (C=O) groups excluding carboxylic acids is 1. The molecule has 3 heteroatoms. The van der Waals surface area contributed by atoms with E-state index in [2.05, 4.69) is 0 Å². The van der Waals surface area contributed by atoms with Gasteiger partial charge in [-0.15, -0.1) is 0 Å². The minimum Gasteiger partial charge on any atom is -0.394 e. The predicted octanol–water partition coefficient (Wildman–Crippen LogP) is -0.401. The van der Waals surface area contributed by atoms with Gasteiger partial charge in [-0.05, 0) is 6.42 Å². The van der Waals surface area contributed by atoms with Crippen LogP contribution in [-0.4, -0.2) is 35.1 Å². The van der Waals surface area contributed by atoms with Crippen LogP contribution >= 0.6 is 0 Å². The molecule has 0 aliphatic carbocycles. The Labute approximate surface area is 54.3 Å². The van der Waals surface area contributed by atoms with Crippen LogP contribution in [0.2, 0.25) is 0 Å². The van der Waals surface area contributed by atoms with Crippen molar-refractivity contribution in [2.75, 3.05) is 13.2 Å². The van der Waals surface area contributed by atoms with Gasteiger partial charge in [0.05, 0.1) is 12.6 Å². The first-order valence-electron chi connectivity index (χ1n) is 3.13. The van der Waals surface area contributed by atoms with Crippen molar-refractivity contribution in [3.63, 3.8) is 0 Å². The fourth-order valence-corrected chi connectivity index (χ4v) is 1.05. The van der Waals surface area contributed by atoms with Crippen LogP contribution in [0.1, 0.15) is 13.3 Å². The van der Waals surface area contributed by atoms with Gasteiger partial charge in [0.25, 0.3) is 0 Å². The van der Waals surface area contributed by atoms with Crippen LogP contribution in [0.4, 0.5) is 0 Å². The highest BCUT2D eigenvalue weighted by Gasteiger charge is 2.28. The molecule has 0 aromatic carbocycles. The molecule has 0 bridgehead atoms. The van der Waals surface area contributed by atoms with Crippen LogP contribution in [0.5, 0.6) is 0 Å². The minimum atomic E-state index is 0.0697. The van der Waals surface area contributed by atoms with Crippen LogP contribution < -0.4 is 0 Å². The maximum atomic E-state index is 10.6. The lowest BCUT2D eigenvalue weighted by molar-refractivity contribution is -0.137. The second-order valence-electron chi connectivity index (χ2n) is 2.34. The Kier molecular flexibility index (Phi) is 1.71. The van der Waals surface area contributed by atoms with Gasteiger partial charge in [0.15, 0.2) is 0 Å². The van der Waals surface area contributed by atoms with E-state index < -0.39 is 0 Å². The van der Waals surface area contributed by atoms with Crippen molar-refractivity contribution in [1.82, 2.24) is 4.90 Å². The number of amides is 1. The monoisotopic (exact) mass is 129 g/mol. The first-order valence-corrected chi connectivity index (χ1v) is 3.13. The fraction of sp³-hybridized carbons (Fsp3) is 0.833. The molecule has 1 aliphatic rings. The summed E-state index contributed by atoms with van der Waals surface area (Å²) >= 11 is 0. The van der Waals surface area contributed by atoms with E-state index in [1.54, 1.807) is 4.90 Å². The van der Waals surface area contributed by atoms with Crippen LogP contribution in [0.15, 0.2) is 0 Å². The van der Waals surface area contributed by atoms with E-state index in [9.17, 15) is 4.79 Å². The van der Waals surface area contributed by atoms with Gasteiger partial charge in [-0.2, -0.15) is 0 Å². The van der Waals surface area contributed by atoms with Gasteiger partial charge in [0.1, 0.15) is 0 Å². The summed E-state index contributed by atoms with van der Waals surface area (Å²) in [6.07, 6.45) is 0.954. The Morgan fingerprint density at radius 1 is 1.89 bits per heavy atom. The standard InChI is InChI=1S/C6H11NO2/c1-5(9)7-3-2-6(7)4-8/h6,8H,2-4H2,1H3/t6-/m0/s1. The Balaban J connectivity index is 2.35. The predicted molar refractivity (Wildman–Crippen MR) is 32.9 cm³/mol. The highest BCUT2D eigenvalue weighted by molar-refractivity contribution is 5.74. The number of rotatable bonds is 1. The molecule has 1 N–H and O–H groups in total. The molecule has 0 aromatic rings. The Morgan fingerprint density at radius 2 is 2.56 bits per heavy atom. The summed E-state index contributed by atoms with van der Waals surface area (Å²) in [4.78, 5) is 12.3. The summed E-state index contributed by atoms with van der Waals surface area (Å²) in [5.74, 6) is 0.0697. The van der Waals surface area contributed by atoms with E-state index in [1.165, 1.54) is 6.92 Å². The SMILES string of the molecule is CC(=O)N1CC[C@H]1CO. The molecule has 3 nitrogen and oxygen atoms in total. The number of likely N-dealkylation sites (tertiary alicyclic amines) is 1. The molecular formula is C6H11NO2. The molecule has 1 heterocycles. The van der Waals surface area contributed by atoms with Gasteiger partial charge in [0.2, 0.25) is 5.91 Å². The lowest BCUT2D eigenvalue weighted by atomic mass is 10.0. The summed E-state index contributed by atoms with van der Waals surface area (Å²) in [7, 11) is 0. The molecule has 1 saturated heterocycles. The summed E-state index contributed by atoms with van der Waals surface area (Å²) in [6.45, 7) is 2.46. The van der Waals surface area contributed by atoms with Crippen LogP contribution in [0.3, 0.4) is 0 Å². The number of aliphatic hydroxyl groups excluding tert-OH is 1. The number of aliphatic hydroxyl groups is 1. The van der Waals surface area contributed by atoms with Gasteiger partial charge < -0.3 is 10.0 Å². The lowest BCUT2D eigenvalue weighted by Crippen LogP contribution is -2.51. The largest absolute Gasteiger partial charge is 0.394 e. The third-order valence-electron chi connectivity index (χ3n) is 1.76. The molecule has 9 heavy (non-hydrogen) atoms. The summed E-state index contributed by atoms with van der Waals surface area (Å²) in [6, 6.07) is 0.113. The normalized spacial score (nSPS) is 25.6.